The second kappa shape index (κ2) is 20.1. The van der Waals surface area contributed by atoms with Crippen LogP contribution in [0.15, 0.2) is 36.5 Å². The molecule has 1 aliphatic heterocycles. The van der Waals surface area contributed by atoms with Gasteiger partial charge in [0.25, 0.3) is 0 Å². The molecule has 14 heteroatoms. The van der Waals surface area contributed by atoms with Crippen LogP contribution < -0.4 is 5.32 Å². The summed E-state index contributed by atoms with van der Waals surface area (Å²) in [6.45, 7) is 2.53. The molecule has 2 aromatic carbocycles. The summed E-state index contributed by atoms with van der Waals surface area (Å²) in [5.74, 6) is -1.03. The number of aromatic nitrogens is 4. The molecule has 0 atom stereocenters. The van der Waals surface area contributed by atoms with Gasteiger partial charge in [0.15, 0.2) is 0 Å². The van der Waals surface area contributed by atoms with Crippen LogP contribution in [0.1, 0.15) is 95.6 Å². The van der Waals surface area contributed by atoms with E-state index in [0.29, 0.717) is 59.0 Å². The molecule has 0 spiro atoms. The Morgan fingerprint density at radius 3 is 2.39 bits per heavy atom. The molecule has 1 saturated carbocycles. The maximum Gasteiger partial charge on any atom is 0.325 e. The van der Waals surface area contributed by atoms with Crippen molar-refractivity contribution in [3.8, 4) is 11.1 Å². The number of benzene rings is 2. The molecule has 4 aromatic rings. The van der Waals surface area contributed by atoms with Gasteiger partial charge in [0.05, 0.1) is 36.6 Å². The molecule has 56 heavy (non-hydrogen) atoms. The van der Waals surface area contributed by atoms with Crippen LogP contribution >= 0.6 is 0 Å². The highest BCUT2D eigenvalue weighted by Gasteiger charge is 2.30. The zero-order valence-electron chi connectivity index (χ0n) is 33.2. The van der Waals surface area contributed by atoms with E-state index in [1.165, 1.54) is 76.5 Å². The van der Waals surface area contributed by atoms with Crippen molar-refractivity contribution in [2.24, 2.45) is 13.0 Å². The van der Waals surface area contributed by atoms with Gasteiger partial charge in [-0.15, -0.1) is 0 Å². The van der Waals surface area contributed by atoms with Gasteiger partial charge in [0.1, 0.15) is 25.2 Å². The number of halogens is 1. The summed E-state index contributed by atoms with van der Waals surface area (Å²) in [7, 11) is 4.48. The van der Waals surface area contributed by atoms with E-state index in [1.807, 2.05) is 12.1 Å². The highest BCUT2D eigenvalue weighted by atomic mass is 19.1. The Labute approximate surface area is 327 Å². The predicted molar refractivity (Wildman–Crippen MR) is 212 cm³/mol. The third-order valence-corrected chi connectivity index (χ3v) is 11.2. The zero-order valence-corrected chi connectivity index (χ0v) is 33.2. The lowest BCUT2D eigenvalue weighted by Crippen LogP contribution is -2.41. The number of esters is 1. The maximum atomic E-state index is 15.7. The van der Waals surface area contributed by atoms with Gasteiger partial charge in [0, 0.05) is 62.3 Å². The molecule has 2 aromatic heterocycles. The van der Waals surface area contributed by atoms with Crippen LogP contribution in [0.2, 0.25) is 0 Å². The van der Waals surface area contributed by atoms with Crippen LogP contribution in [0.4, 0.5) is 4.39 Å². The second-order valence-electron chi connectivity index (χ2n) is 15.0. The minimum atomic E-state index is -0.608. The number of carbonyl (C=O) groups excluding carboxylic acids is 5. The van der Waals surface area contributed by atoms with Crippen molar-refractivity contribution in [2.75, 3.05) is 40.3 Å². The van der Waals surface area contributed by atoms with E-state index >= 15 is 4.39 Å². The number of nitrogens with zero attached hydrogens (tertiary/aromatic N) is 6. The monoisotopic (exact) mass is 773 g/mol. The summed E-state index contributed by atoms with van der Waals surface area (Å²) in [6.07, 6.45) is 15.8. The molecule has 3 heterocycles. The molecule has 1 N–H and O–H groups in total. The Morgan fingerprint density at radius 1 is 1.00 bits per heavy atom. The lowest BCUT2D eigenvalue weighted by Gasteiger charge is -2.31. The Hall–Kier alpha value is -5.14. The number of methoxy groups -OCH3 is 1. The van der Waals surface area contributed by atoms with Crippen LogP contribution in [-0.2, 0) is 42.3 Å². The highest BCUT2D eigenvalue weighted by Crippen LogP contribution is 2.40. The van der Waals surface area contributed by atoms with Crippen molar-refractivity contribution < 1.29 is 33.1 Å². The number of likely N-dealkylation sites (N-methyl/N-ethyl adjacent to an activating group) is 1. The molecule has 6 rings (SSSR count). The van der Waals surface area contributed by atoms with Crippen molar-refractivity contribution in [3.63, 3.8) is 0 Å². The summed E-state index contributed by atoms with van der Waals surface area (Å²) in [4.78, 5) is 63.3. The number of carbonyl (C=O) groups is 5. The second-order valence-corrected chi connectivity index (χ2v) is 15.0. The number of aldehydes is 1. The average Bonchev–Trinajstić information content (AvgIpc) is 3.74. The number of fused-ring (bicyclic) bond motifs is 2. The number of amides is 3. The molecule has 0 unspecified atom stereocenters. The predicted octanol–water partition coefficient (Wildman–Crippen LogP) is 5.92. The van der Waals surface area contributed by atoms with Crippen LogP contribution in [0.5, 0.6) is 0 Å². The summed E-state index contributed by atoms with van der Waals surface area (Å²) < 4.78 is 23.4. The van der Waals surface area contributed by atoms with Crippen LogP contribution in [0, 0.1) is 11.7 Å². The van der Waals surface area contributed by atoms with Gasteiger partial charge in [-0.3, -0.25) is 28.5 Å². The molecule has 0 radical (unpaired) electrons. The third kappa shape index (κ3) is 10.6. The van der Waals surface area contributed by atoms with E-state index < -0.39 is 23.6 Å². The lowest BCUT2D eigenvalue weighted by molar-refractivity contribution is -0.141. The van der Waals surface area contributed by atoms with Crippen molar-refractivity contribution in [2.45, 2.75) is 96.4 Å². The van der Waals surface area contributed by atoms with E-state index in [4.69, 9.17) is 5.10 Å². The Bertz CT molecular complexity index is 1990. The zero-order chi connectivity index (χ0) is 40.2. The topological polar surface area (TPSA) is 149 Å². The maximum absolute atomic E-state index is 15.7. The van der Waals surface area contributed by atoms with Crippen molar-refractivity contribution in [1.82, 2.24) is 34.7 Å². The normalized spacial score (nSPS) is 15.4. The molecule has 302 valence electrons. The minimum absolute atomic E-state index is 0.0718. The Balaban J connectivity index is 0.000000522. The summed E-state index contributed by atoms with van der Waals surface area (Å²) >= 11 is 0. The fourth-order valence-corrected chi connectivity index (χ4v) is 7.81. The van der Waals surface area contributed by atoms with Gasteiger partial charge >= 0.3 is 5.97 Å². The van der Waals surface area contributed by atoms with Gasteiger partial charge in [-0.05, 0) is 42.5 Å². The first kappa shape index (κ1) is 42.0. The van der Waals surface area contributed by atoms with E-state index in [0.717, 1.165) is 17.7 Å². The summed E-state index contributed by atoms with van der Waals surface area (Å²) in [6, 6.07) is 8.65. The molecular weight excluding hydrogens is 718 g/mol. The average molecular weight is 774 g/mol. The molecule has 13 nitrogen and oxygen atoms in total. The van der Waals surface area contributed by atoms with Gasteiger partial charge in [-0.2, -0.15) is 10.2 Å². The van der Waals surface area contributed by atoms with Gasteiger partial charge < -0.3 is 24.6 Å². The first-order valence-electron chi connectivity index (χ1n) is 19.9. The van der Waals surface area contributed by atoms with E-state index in [-0.39, 0.29) is 44.3 Å². The quantitative estimate of drug-likeness (QED) is 0.138. The molecule has 0 bridgehead atoms. The molecule has 2 aliphatic rings. The van der Waals surface area contributed by atoms with Crippen molar-refractivity contribution in [3.05, 3.63) is 48.0 Å². The number of hydrogen-bond donors (Lipinski definition) is 1. The van der Waals surface area contributed by atoms with Gasteiger partial charge in [-0.25, -0.2) is 4.39 Å². The number of likely N-dealkylation sites (tertiary alicyclic amines) is 1. The molecule has 1 saturated heterocycles. The third-order valence-electron chi connectivity index (χ3n) is 11.2. The fourth-order valence-electron chi connectivity index (χ4n) is 7.81. The standard InChI is InChI=1S/C32H36FN7O6.C10H20/c1-37(18-27(42)34-17-30(45)46-3)29(44)19-40-25-7-4-6-22(23-15-26-21(14-24(23)33)16-35-38(26)2)31(25)32(36-40)20-9-11-39(12-10-20)28(43)8-5-13-41;1-2-10-8-6-4-3-5-7-9-10/h4,6-7,13-16,20H,5,8-12,17-19H2,1-3H3,(H,34,42);10H,2-9H2,1H3. The Morgan fingerprint density at radius 2 is 1.71 bits per heavy atom. The van der Waals surface area contributed by atoms with Crippen molar-refractivity contribution in [1.29, 1.82) is 0 Å². The van der Waals surface area contributed by atoms with E-state index in [9.17, 15) is 24.0 Å². The molecule has 1 aliphatic carbocycles. The highest BCUT2D eigenvalue weighted by molar-refractivity contribution is 6.00. The first-order valence-corrected chi connectivity index (χ1v) is 19.9. The fraction of sp³-hybridized carbons (Fsp3) is 0.548. The largest absolute Gasteiger partial charge is 0.468 e. The van der Waals surface area contributed by atoms with Gasteiger partial charge in [0.2, 0.25) is 17.7 Å². The van der Waals surface area contributed by atoms with E-state index in [1.54, 1.807) is 39.6 Å². The van der Waals surface area contributed by atoms with Crippen molar-refractivity contribution >= 4 is 51.8 Å². The molecule has 3 amide bonds. The Kier molecular flexibility index (Phi) is 15.1. The lowest BCUT2D eigenvalue weighted by atomic mass is 9.88. The van der Waals surface area contributed by atoms with Crippen LogP contribution in [0.25, 0.3) is 32.9 Å². The minimum Gasteiger partial charge on any atom is -0.468 e. The summed E-state index contributed by atoms with van der Waals surface area (Å²) in [5, 5.41) is 12.9. The number of rotatable bonds is 12. The molecule has 2 fully saturated rings. The number of piperidine rings is 1. The number of nitrogens with one attached hydrogen (secondary N) is 1. The first-order chi connectivity index (χ1) is 27.0. The van der Waals surface area contributed by atoms with Crippen LogP contribution in [-0.4, -0.2) is 99.7 Å². The summed E-state index contributed by atoms with van der Waals surface area (Å²) in [5.41, 5.74) is 3.06. The van der Waals surface area contributed by atoms with Gasteiger partial charge in [-0.1, -0.05) is 70.4 Å². The SMILES string of the molecule is CCC1CCCCCCC1.COC(=O)CNC(=O)CN(C)C(=O)Cn1nc(C2CCN(C(=O)CCC=O)CC2)c2c(-c3cc4c(cnn4C)cc3F)cccc21. The number of hydrogen-bond acceptors (Lipinski definition) is 8. The van der Waals surface area contributed by atoms with E-state index in [2.05, 4.69) is 22.1 Å². The smallest absolute Gasteiger partial charge is 0.325 e. The van der Waals surface area contributed by atoms with Crippen LogP contribution in [0.3, 0.4) is 0 Å². The number of aryl methyl sites for hydroxylation is 1. The number of ether oxygens (including phenoxy) is 1. The molecular formula is C42H56FN7O6.